The minimum Gasteiger partial charge on any atom is -0.462 e. The third kappa shape index (κ3) is 3.93. The van der Waals surface area contributed by atoms with Crippen molar-refractivity contribution in [1.29, 1.82) is 0 Å². The summed E-state index contributed by atoms with van der Waals surface area (Å²) in [5, 5.41) is 3.79. The van der Waals surface area contributed by atoms with E-state index in [-0.39, 0.29) is 5.41 Å². The Hall–Kier alpha value is -2.18. The van der Waals surface area contributed by atoms with E-state index in [0.717, 1.165) is 32.5 Å². The minimum absolute atomic E-state index is 0.221. The van der Waals surface area contributed by atoms with E-state index in [9.17, 15) is 0 Å². The quantitative estimate of drug-likeness (QED) is 0.732. The van der Waals surface area contributed by atoms with Crippen molar-refractivity contribution in [3.8, 4) is 6.01 Å². The summed E-state index contributed by atoms with van der Waals surface area (Å²) >= 11 is 0. The van der Waals surface area contributed by atoms with Gasteiger partial charge in [-0.15, -0.1) is 0 Å². The fraction of sp³-hybridized carbons (Fsp3) is 0.655. The Kier molecular flexibility index (Phi) is 5.50. The predicted octanol–water partition coefficient (Wildman–Crippen LogP) is 3.65. The van der Waals surface area contributed by atoms with Gasteiger partial charge in [0.2, 0.25) is 0 Å². The molecule has 2 bridgehead atoms. The first-order valence-corrected chi connectivity index (χ1v) is 14.0. The molecular weight excluding hydrogens is 434 g/mol. The van der Waals surface area contributed by atoms with Crippen LogP contribution in [0.3, 0.4) is 0 Å². The Morgan fingerprint density at radius 1 is 1.03 bits per heavy atom. The number of rotatable bonds is 4. The molecule has 7 rings (SSSR count). The maximum atomic E-state index is 6.37. The molecule has 0 amide bonds. The maximum absolute atomic E-state index is 6.37. The molecule has 4 heterocycles. The number of aromatic nitrogens is 2. The zero-order valence-corrected chi connectivity index (χ0v) is 21.1. The summed E-state index contributed by atoms with van der Waals surface area (Å²) in [7, 11) is 2.21. The number of ether oxygens (including phenoxy) is 1. The summed E-state index contributed by atoms with van der Waals surface area (Å²) in [5.41, 5.74) is 5.99. The molecule has 1 aromatic carbocycles. The molecule has 3 saturated heterocycles. The molecule has 1 N–H and O–H groups in total. The largest absolute Gasteiger partial charge is 0.462 e. The van der Waals surface area contributed by atoms with Crippen molar-refractivity contribution in [2.24, 2.45) is 0 Å². The van der Waals surface area contributed by atoms with Crippen LogP contribution in [0.2, 0.25) is 0 Å². The molecule has 0 radical (unpaired) electrons. The van der Waals surface area contributed by atoms with Gasteiger partial charge in [0.05, 0.1) is 5.69 Å². The second-order valence-electron chi connectivity index (χ2n) is 11.9. The van der Waals surface area contributed by atoms with E-state index in [1.165, 1.54) is 68.4 Å². The van der Waals surface area contributed by atoms with Gasteiger partial charge in [-0.1, -0.05) is 24.3 Å². The van der Waals surface area contributed by atoms with Crippen LogP contribution in [0.15, 0.2) is 24.3 Å². The molecule has 5 aliphatic rings. The molecule has 1 spiro atoms. The first-order chi connectivity index (χ1) is 17.2. The van der Waals surface area contributed by atoms with Gasteiger partial charge in [-0.3, -0.25) is 0 Å². The van der Waals surface area contributed by atoms with Gasteiger partial charge in [0.15, 0.2) is 0 Å². The molecule has 186 valence electrons. The molecule has 4 atom stereocenters. The number of likely N-dealkylation sites (tertiary alicyclic amines) is 1. The van der Waals surface area contributed by atoms with Crippen LogP contribution in [0, 0.1) is 0 Å². The smallest absolute Gasteiger partial charge is 0.318 e. The molecule has 6 heteroatoms. The number of nitrogens with one attached hydrogen (secondary N) is 1. The van der Waals surface area contributed by atoms with Crippen molar-refractivity contribution in [2.75, 3.05) is 38.2 Å². The molecule has 35 heavy (non-hydrogen) atoms. The summed E-state index contributed by atoms with van der Waals surface area (Å²) in [6, 6.07) is 11.4. The monoisotopic (exact) mass is 473 g/mol. The van der Waals surface area contributed by atoms with Gasteiger partial charge in [0, 0.05) is 42.2 Å². The van der Waals surface area contributed by atoms with E-state index < -0.39 is 0 Å². The minimum atomic E-state index is 0.221. The summed E-state index contributed by atoms with van der Waals surface area (Å²) < 4.78 is 6.37. The standard InChI is InChI=1S/C29H39N5O/c1-33-15-5-8-23(33)19-35-28-31-26-16-29(13-4-7-20-6-2-3-9-25(20)29)14-12-24(26)27(32-28)34-17-21-10-11-22(18-34)30-21/h2-3,6,9,21-23,30H,4-5,7-8,10-19H2,1H3/t21-,22+,23-,29?/m0/s1. The maximum Gasteiger partial charge on any atom is 0.318 e. The van der Waals surface area contributed by atoms with Crippen molar-refractivity contribution >= 4 is 5.82 Å². The summed E-state index contributed by atoms with van der Waals surface area (Å²) in [5.74, 6) is 1.17. The molecule has 3 aliphatic heterocycles. The molecule has 1 aromatic heterocycles. The van der Waals surface area contributed by atoms with Crippen molar-refractivity contribution in [3.63, 3.8) is 0 Å². The molecule has 0 saturated carbocycles. The zero-order valence-electron chi connectivity index (χ0n) is 21.1. The lowest BCUT2D eigenvalue weighted by Crippen LogP contribution is -2.52. The average Bonchev–Trinajstić information content (AvgIpc) is 3.45. The molecular formula is C29H39N5O. The van der Waals surface area contributed by atoms with Crippen molar-refractivity contribution < 1.29 is 4.74 Å². The lowest BCUT2D eigenvalue weighted by Gasteiger charge is -2.43. The second-order valence-corrected chi connectivity index (χ2v) is 11.9. The normalized spacial score (nSPS) is 32.0. The van der Waals surface area contributed by atoms with E-state index in [2.05, 4.69) is 46.4 Å². The van der Waals surface area contributed by atoms with Crippen molar-refractivity contribution in [1.82, 2.24) is 20.2 Å². The van der Waals surface area contributed by atoms with Crippen LogP contribution >= 0.6 is 0 Å². The number of aryl methyl sites for hydroxylation is 1. The van der Waals surface area contributed by atoms with E-state index in [1.54, 1.807) is 11.1 Å². The number of anilines is 1. The third-order valence-corrected chi connectivity index (χ3v) is 9.69. The highest BCUT2D eigenvalue weighted by Gasteiger charge is 2.42. The van der Waals surface area contributed by atoms with Gasteiger partial charge in [-0.2, -0.15) is 9.97 Å². The van der Waals surface area contributed by atoms with Gasteiger partial charge >= 0.3 is 6.01 Å². The third-order valence-electron chi connectivity index (χ3n) is 9.69. The van der Waals surface area contributed by atoms with Gasteiger partial charge in [0.1, 0.15) is 12.4 Å². The van der Waals surface area contributed by atoms with Crippen LogP contribution in [0.25, 0.3) is 0 Å². The van der Waals surface area contributed by atoms with Crippen LogP contribution in [-0.4, -0.2) is 66.3 Å². The Bertz CT molecular complexity index is 1090. The van der Waals surface area contributed by atoms with E-state index in [0.29, 0.717) is 30.7 Å². The molecule has 2 aromatic rings. The fourth-order valence-corrected chi connectivity index (χ4v) is 7.78. The van der Waals surface area contributed by atoms with E-state index >= 15 is 0 Å². The summed E-state index contributed by atoms with van der Waals surface area (Å²) in [6.45, 7) is 3.96. The van der Waals surface area contributed by atoms with Gasteiger partial charge in [0.25, 0.3) is 0 Å². The van der Waals surface area contributed by atoms with Crippen LogP contribution < -0.4 is 15.0 Å². The number of hydrogen-bond acceptors (Lipinski definition) is 6. The topological polar surface area (TPSA) is 53.5 Å². The number of piperazine rings is 1. The SMILES string of the molecule is CN1CCC[C@H]1COc1nc2c(c(N3C[C@H]4CC[C@@H](C3)N4)n1)CCC1(CCCc3ccccc31)C2. The highest BCUT2D eigenvalue weighted by atomic mass is 16.5. The van der Waals surface area contributed by atoms with E-state index in [4.69, 9.17) is 14.7 Å². The van der Waals surface area contributed by atoms with Gasteiger partial charge in [-0.25, -0.2) is 0 Å². The first-order valence-electron chi connectivity index (χ1n) is 14.0. The Morgan fingerprint density at radius 2 is 1.89 bits per heavy atom. The van der Waals surface area contributed by atoms with Crippen LogP contribution in [0.1, 0.15) is 67.3 Å². The fourth-order valence-electron chi connectivity index (χ4n) is 7.78. The first kappa shape index (κ1) is 22.1. The summed E-state index contributed by atoms with van der Waals surface area (Å²) in [6.07, 6.45) is 12.1. The molecule has 6 nitrogen and oxygen atoms in total. The van der Waals surface area contributed by atoms with Crippen LogP contribution in [0.5, 0.6) is 6.01 Å². The predicted molar refractivity (Wildman–Crippen MR) is 138 cm³/mol. The number of nitrogens with zero attached hydrogens (tertiary/aromatic N) is 4. The average molecular weight is 474 g/mol. The van der Waals surface area contributed by atoms with Gasteiger partial charge < -0.3 is 19.9 Å². The number of likely N-dealkylation sites (N-methyl/N-ethyl adjacent to an activating group) is 1. The lowest BCUT2D eigenvalue weighted by atomic mass is 9.62. The lowest BCUT2D eigenvalue weighted by molar-refractivity contribution is 0.186. The number of fused-ring (bicyclic) bond motifs is 5. The molecule has 1 unspecified atom stereocenters. The summed E-state index contributed by atoms with van der Waals surface area (Å²) in [4.78, 5) is 15.2. The van der Waals surface area contributed by atoms with E-state index in [1.807, 2.05) is 0 Å². The zero-order chi connectivity index (χ0) is 23.4. The highest BCUT2D eigenvalue weighted by molar-refractivity contribution is 5.54. The number of benzene rings is 1. The van der Waals surface area contributed by atoms with Gasteiger partial charge in [-0.05, 0) is 88.9 Å². The van der Waals surface area contributed by atoms with Crippen molar-refractivity contribution in [2.45, 2.75) is 87.7 Å². The Labute approximate surface area is 209 Å². The second kappa shape index (κ2) is 8.74. The number of hydrogen-bond donors (Lipinski definition) is 1. The Morgan fingerprint density at radius 3 is 2.71 bits per heavy atom. The molecule has 2 aliphatic carbocycles. The van der Waals surface area contributed by atoms with Crippen LogP contribution in [0.4, 0.5) is 5.82 Å². The molecule has 3 fully saturated rings. The Balaban J connectivity index is 1.24. The van der Waals surface area contributed by atoms with Crippen LogP contribution in [-0.2, 0) is 24.7 Å². The van der Waals surface area contributed by atoms with Crippen molar-refractivity contribution in [3.05, 3.63) is 46.6 Å². The highest BCUT2D eigenvalue weighted by Crippen LogP contribution is 2.47.